The Morgan fingerprint density at radius 2 is 2.00 bits per heavy atom. The number of carboxylic acid groups (broad SMARTS) is 1. The van der Waals surface area contributed by atoms with Gasteiger partial charge in [-0.05, 0) is 24.1 Å². The van der Waals surface area contributed by atoms with Crippen LogP contribution in [0, 0.1) is 0 Å². The summed E-state index contributed by atoms with van der Waals surface area (Å²) in [4.78, 5) is 29.9. The normalized spacial score (nSPS) is 16.4. The van der Waals surface area contributed by atoms with Gasteiger partial charge in [-0.3, -0.25) is 4.79 Å². The second kappa shape index (κ2) is 6.70. The number of carboxylic acids is 1. The van der Waals surface area contributed by atoms with Crippen LogP contribution in [0.15, 0.2) is 42.6 Å². The molecule has 2 heterocycles. The number of fused-ring (bicyclic) bond motifs is 1. The Bertz CT molecular complexity index is 758. The van der Waals surface area contributed by atoms with Crippen LogP contribution in [-0.2, 0) is 17.8 Å². The van der Waals surface area contributed by atoms with Crippen molar-refractivity contribution in [2.24, 2.45) is 0 Å². The molecule has 0 fully saturated rings. The first-order valence-electron chi connectivity index (χ1n) is 7.79. The molecule has 24 heavy (non-hydrogen) atoms. The van der Waals surface area contributed by atoms with Gasteiger partial charge in [0.1, 0.15) is 6.04 Å². The minimum atomic E-state index is -1.00. The molecule has 0 radical (unpaired) electrons. The molecule has 0 saturated heterocycles. The molecule has 1 atom stereocenters. The predicted octanol–water partition coefficient (Wildman–Crippen LogP) is 2.13. The second-order valence-corrected chi connectivity index (χ2v) is 5.58. The van der Waals surface area contributed by atoms with E-state index >= 15 is 0 Å². The van der Waals surface area contributed by atoms with E-state index in [1.54, 1.807) is 12.1 Å². The summed E-state index contributed by atoms with van der Waals surface area (Å²) in [7, 11) is 0. The second-order valence-electron chi connectivity index (χ2n) is 5.58. The van der Waals surface area contributed by atoms with Crippen LogP contribution in [0.5, 0.6) is 5.88 Å². The Labute approximate surface area is 139 Å². The van der Waals surface area contributed by atoms with Crippen molar-refractivity contribution in [1.29, 1.82) is 0 Å². The van der Waals surface area contributed by atoms with Crippen LogP contribution in [0.1, 0.15) is 28.4 Å². The zero-order valence-corrected chi connectivity index (χ0v) is 13.3. The fraction of sp³-hybridized carbons (Fsp3) is 0.278. The smallest absolute Gasteiger partial charge is 0.326 e. The summed E-state index contributed by atoms with van der Waals surface area (Å²) in [6, 6.07) is 9.95. The van der Waals surface area contributed by atoms with E-state index < -0.39 is 12.0 Å². The number of carbonyl (C=O) groups excluding carboxylic acids is 1. The molecule has 0 aliphatic carbocycles. The third-order valence-corrected chi connectivity index (χ3v) is 4.07. The standard InChI is InChI=1S/C18H18N2O4/c1-2-24-16-8-7-13(10-19-16)17(21)20-11-14-6-4-3-5-12(14)9-15(20)18(22)23/h3-8,10,15H,2,9,11H2,1H3,(H,22,23)/t15-/m1/s1. The molecule has 2 aromatic rings. The zero-order valence-electron chi connectivity index (χ0n) is 13.3. The monoisotopic (exact) mass is 326 g/mol. The molecule has 1 aromatic heterocycles. The highest BCUT2D eigenvalue weighted by Gasteiger charge is 2.34. The van der Waals surface area contributed by atoms with E-state index in [1.165, 1.54) is 11.1 Å². The molecule has 1 aromatic carbocycles. The van der Waals surface area contributed by atoms with Gasteiger partial charge >= 0.3 is 5.97 Å². The van der Waals surface area contributed by atoms with Crippen LogP contribution in [-0.4, -0.2) is 39.5 Å². The number of hydrogen-bond acceptors (Lipinski definition) is 4. The van der Waals surface area contributed by atoms with Gasteiger partial charge in [0, 0.05) is 25.2 Å². The molecule has 1 N–H and O–H groups in total. The third-order valence-electron chi connectivity index (χ3n) is 4.07. The molecule has 1 aliphatic heterocycles. The average Bonchev–Trinajstić information content (AvgIpc) is 2.61. The van der Waals surface area contributed by atoms with Gasteiger partial charge in [-0.15, -0.1) is 0 Å². The number of nitrogens with zero attached hydrogens (tertiary/aromatic N) is 2. The van der Waals surface area contributed by atoms with E-state index in [1.807, 2.05) is 31.2 Å². The first-order chi connectivity index (χ1) is 11.6. The maximum atomic E-state index is 12.8. The topological polar surface area (TPSA) is 79.7 Å². The largest absolute Gasteiger partial charge is 0.480 e. The van der Waals surface area contributed by atoms with Crippen LogP contribution < -0.4 is 4.74 Å². The lowest BCUT2D eigenvalue weighted by molar-refractivity contribution is -0.142. The van der Waals surface area contributed by atoms with Crippen LogP contribution >= 0.6 is 0 Å². The van der Waals surface area contributed by atoms with Crippen molar-refractivity contribution in [1.82, 2.24) is 9.88 Å². The number of amides is 1. The average molecular weight is 326 g/mol. The Morgan fingerprint density at radius 1 is 1.25 bits per heavy atom. The number of aliphatic carboxylic acids is 1. The molecule has 0 unspecified atom stereocenters. The molecule has 6 nitrogen and oxygen atoms in total. The number of pyridine rings is 1. The number of benzene rings is 1. The Kier molecular flexibility index (Phi) is 4.46. The van der Waals surface area contributed by atoms with E-state index in [2.05, 4.69) is 4.98 Å². The molecule has 124 valence electrons. The molecule has 0 saturated carbocycles. The molecular formula is C18H18N2O4. The Morgan fingerprint density at radius 3 is 2.62 bits per heavy atom. The maximum Gasteiger partial charge on any atom is 0.326 e. The summed E-state index contributed by atoms with van der Waals surface area (Å²) in [6.07, 6.45) is 1.73. The molecule has 3 rings (SSSR count). The van der Waals surface area contributed by atoms with Gasteiger partial charge in [-0.2, -0.15) is 0 Å². The van der Waals surface area contributed by atoms with Crippen LogP contribution in [0.3, 0.4) is 0 Å². The van der Waals surface area contributed by atoms with Crippen LogP contribution in [0.2, 0.25) is 0 Å². The number of ether oxygens (including phenoxy) is 1. The molecule has 0 spiro atoms. The van der Waals surface area contributed by atoms with E-state index in [0.717, 1.165) is 11.1 Å². The van der Waals surface area contributed by atoms with Gasteiger partial charge < -0.3 is 14.7 Å². The van der Waals surface area contributed by atoms with Crippen molar-refractivity contribution in [3.8, 4) is 5.88 Å². The van der Waals surface area contributed by atoms with Gasteiger partial charge in [0.2, 0.25) is 5.88 Å². The number of hydrogen-bond donors (Lipinski definition) is 1. The highest BCUT2D eigenvalue weighted by Crippen LogP contribution is 2.25. The minimum Gasteiger partial charge on any atom is -0.480 e. The fourth-order valence-corrected chi connectivity index (χ4v) is 2.86. The van der Waals surface area contributed by atoms with Crippen molar-refractivity contribution < 1.29 is 19.4 Å². The number of rotatable bonds is 4. The molecule has 1 amide bonds. The van der Waals surface area contributed by atoms with Crippen molar-refractivity contribution in [3.63, 3.8) is 0 Å². The maximum absolute atomic E-state index is 12.8. The SMILES string of the molecule is CCOc1ccc(C(=O)N2Cc3ccccc3C[C@@H]2C(=O)O)cn1. The lowest BCUT2D eigenvalue weighted by Crippen LogP contribution is -2.48. The summed E-state index contributed by atoms with van der Waals surface area (Å²) in [6.45, 7) is 2.62. The van der Waals surface area contributed by atoms with Gasteiger partial charge in [0.05, 0.1) is 12.2 Å². The van der Waals surface area contributed by atoms with E-state index in [0.29, 0.717) is 24.5 Å². The molecule has 0 bridgehead atoms. The number of aromatic nitrogens is 1. The van der Waals surface area contributed by atoms with Gasteiger partial charge in [0.15, 0.2) is 0 Å². The summed E-state index contributed by atoms with van der Waals surface area (Å²) in [5.41, 5.74) is 2.30. The summed E-state index contributed by atoms with van der Waals surface area (Å²) < 4.78 is 5.26. The minimum absolute atomic E-state index is 0.277. The predicted molar refractivity (Wildman–Crippen MR) is 86.8 cm³/mol. The van der Waals surface area contributed by atoms with Crippen molar-refractivity contribution in [2.75, 3.05) is 6.61 Å². The van der Waals surface area contributed by atoms with Crippen molar-refractivity contribution in [3.05, 3.63) is 59.3 Å². The molecular weight excluding hydrogens is 308 g/mol. The van der Waals surface area contributed by atoms with Crippen LogP contribution in [0.4, 0.5) is 0 Å². The Balaban J connectivity index is 1.88. The summed E-state index contributed by atoms with van der Waals surface area (Å²) in [5, 5.41) is 9.51. The Hall–Kier alpha value is -2.89. The van der Waals surface area contributed by atoms with E-state index in [-0.39, 0.29) is 12.5 Å². The lowest BCUT2D eigenvalue weighted by atomic mass is 9.93. The summed E-state index contributed by atoms with van der Waals surface area (Å²) in [5.74, 6) is -0.906. The quantitative estimate of drug-likeness (QED) is 0.931. The first kappa shape index (κ1) is 16.0. The van der Waals surface area contributed by atoms with E-state index in [4.69, 9.17) is 4.74 Å². The van der Waals surface area contributed by atoms with E-state index in [9.17, 15) is 14.7 Å². The highest BCUT2D eigenvalue weighted by atomic mass is 16.5. The lowest BCUT2D eigenvalue weighted by Gasteiger charge is -2.34. The van der Waals surface area contributed by atoms with Gasteiger partial charge in [-0.1, -0.05) is 24.3 Å². The van der Waals surface area contributed by atoms with Crippen LogP contribution in [0.25, 0.3) is 0 Å². The van der Waals surface area contributed by atoms with Crippen molar-refractivity contribution >= 4 is 11.9 Å². The summed E-state index contributed by atoms with van der Waals surface area (Å²) >= 11 is 0. The van der Waals surface area contributed by atoms with Gasteiger partial charge in [-0.25, -0.2) is 9.78 Å². The van der Waals surface area contributed by atoms with Gasteiger partial charge in [0.25, 0.3) is 5.91 Å². The molecule has 6 heteroatoms. The third kappa shape index (κ3) is 3.08. The molecule has 1 aliphatic rings. The zero-order chi connectivity index (χ0) is 17.1. The highest BCUT2D eigenvalue weighted by molar-refractivity contribution is 5.96. The van der Waals surface area contributed by atoms with Crippen molar-refractivity contribution in [2.45, 2.75) is 25.9 Å². The number of carbonyl (C=O) groups is 2. The fourth-order valence-electron chi connectivity index (χ4n) is 2.86. The first-order valence-corrected chi connectivity index (χ1v) is 7.79.